The zero-order valence-electron chi connectivity index (χ0n) is 14.1. The van der Waals surface area contributed by atoms with Crippen LogP contribution in [0.25, 0.3) is 10.9 Å². The van der Waals surface area contributed by atoms with Crippen molar-refractivity contribution in [2.45, 2.75) is 26.8 Å². The van der Waals surface area contributed by atoms with Crippen LogP contribution in [0.5, 0.6) is 0 Å². The van der Waals surface area contributed by atoms with E-state index in [0.717, 1.165) is 4.57 Å². The third-order valence-electron chi connectivity index (χ3n) is 3.84. The van der Waals surface area contributed by atoms with Gasteiger partial charge in [0.15, 0.2) is 0 Å². The first-order valence-corrected chi connectivity index (χ1v) is 8.01. The van der Waals surface area contributed by atoms with Crippen LogP contribution in [-0.4, -0.2) is 33.1 Å². The summed E-state index contributed by atoms with van der Waals surface area (Å²) in [5.41, 5.74) is -0.848. The summed E-state index contributed by atoms with van der Waals surface area (Å²) in [5, 5.41) is 12.0. The fraction of sp³-hybridized carbons (Fsp3) is 0.412. The smallest absolute Gasteiger partial charge is 0.329 e. The van der Waals surface area contributed by atoms with E-state index in [0.29, 0.717) is 17.3 Å². The van der Waals surface area contributed by atoms with Crippen molar-refractivity contribution in [3.8, 4) is 0 Å². The Labute approximate surface area is 143 Å². The number of para-hydroxylation sites is 1. The molecule has 2 rings (SSSR count). The van der Waals surface area contributed by atoms with Crippen LogP contribution in [0.15, 0.2) is 33.9 Å². The fourth-order valence-electron chi connectivity index (χ4n) is 2.62. The van der Waals surface area contributed by atoms with E-state index in [4.69, 9.17) is 5.11 Å². The van der Waals surface area contributed by atoms with Gasteiger partial charge in [-0.1, -0.05) is 26.0 Å². The summed E-state index contributed by atoms with van der Waals surface area (Å²) in [6.45, 7) is 3.28. The molecule has 8 heteroatoms. The van der Waals surface area contributed by atoms with Gasteiger partial charge >= 0.3 is 11.7 Å². The van der Waals surface area contributed by atoms with Crippen LogP contribution < -0.4 is 16.6 Å². The number of hydrogen-bond acceptors (Lipinski definition) is 4. The topological polar surface area (TPSA) is 121 Å². The summed E-state index contributed by atoms with van der Waals surface area (Å²) in [6, 6.07) is 6.52. The Balaban J connectivity index is 2.13. The van der Waals surface area contributed by atoms with Gasteiger partial charge in [0.05, 0.1) is 16.8 Å². The number of nitrogens with zero attached hydrogens (tertiary/aromatic N) is 1. The first-order valence-electron chi connectivity index (χ1n) is 8.01. The van der Waals surface area contributed by atoms with Crippen molar-refractivity contribution in [3.63, 3.8) is 0 Å². The molecule has 0 aliphatic carbocycles. The van der Waals surface area contributed by atoms with Crippen molar-refractivity contribution in [1.82, 2.24) is 14.9 Å². The first-order chi connectivity index (χ1) is 11.8. The van der Waals surface area contributed by atoms with Gasteiger partial charge in [-0.3, -0.25) is 19.0 Å². The molecule has 0 radical (unpaired) electrons. The molecule has 3 N–H and O–H groups in total. The molecule has 0 bridgehead atoms. The molecule has 1 atom stereocenters. The number of H-pyrrole nitrogens is 1. The summed E-state index contributed by atoms with van der Waals surface area (Å²) in [4.78, 5) is 50.2. The van der Waals surface area contributed by atoms with E-state index in [1.807, 2.05) is 13.8 Å². The third-order valence-corrected chi connectivity index (χ3v) is 3.84. The van der Waals surface area contributed by atoms with Crippen molar-refractivity contribution in [2.24, 2.45) is 11.8 Å². The highest BCUT2D eigenvalue weighted by Gasteiger charge is 2.20. The lowest BCUT2D eigenvalue weighted by molar-refractivity contribution is -0.142. The third kappa shape index (κ3) is 4.56. The van der Waals surface area contributed by atoms with Crippen LogP contribution in [-0.2, 0) is 16.1 Å². The minimum Gasteiger partial charge on any atom is -0.481 e. The summed E-state index contributed by atoms with van der Waals surface area (Å²) in [6.07, 6.45) is 0.423. The van der Waals surface area contributed by atoms with E-state index in [2.05, 4.69) is 10.3 Å². The average molecular weight is 347 g/mol. The standard InChI is InChI=1S/C17H21N3O5/c1-10(2)7-11(16(23)24)8-18-14(21)9-20-15(22)12-5-3-4-6-13(12)19-17(20)25/h3-6,10-11H,7-9H2,1-2H3,(H,18,21)(H,19,25)(H,23,24). The molecular formula is C17H21N3O5. The van der Waals surface area contributed by atoms with Gasteiger partial charge in [-0.15, -0.1) is 0 Å². The summed E-state index contributed by atoms with van der Waals surface area (Å²) in [7, 11) is 0. The van der Waals surface area contributed by atoms with E-state index in [1.165, 1.54) is 0 Å². The molecule has 0 saturated heterocycles. The number of carboxylic acids is 1. The lowest BCUT2D eigenvalue weighted by Gasteiger charge is -2.15. The van der Waals surface area contributed by atoms with Gasteiger partial charge in [-0.05, 0) is 24.5 Å². The second kappa shape index (κ2) is 7.78. The molecule has 0 fully saturated rings. The molecule has 0 aliphatic heterocycles. The molecule has 2 aromatic rings. The number of carboxylic acid groups (broad SMARTS) is 1. The number of aliphatic carboxylic acids is 1. The van der Waals surface area contributed by atoms with E-state index >= 15 is 0 Å². The highest BCUT2D eigenvalue weighted by molar-refractivity contribution is 5.79. The van der Waals surface area contributed by atoms with Crippen LogP contribution in [0.4, 0.5) is 0 Å². The zero-order chi connectivity index (χ0) is 18.6. The molecule has 0 aliphatic rings. The van der Waals surface area contributed by atoms with Crippen LogP contribution in [0.3, 0.4) is 0 Å². The van der Waals surface area contributed by atoms with Crippen LogP contribution in [0.2, 0.25) is 0 Å². The maximum atomic E-state index is 12.3. The zero-order valence-corrected chi connectivity index (χ0v) is 14.1. The number of amides is 1. The molecule has 1 amide bonds. The van der Waals surface area contributed by atoms with Crippen molar-refractivity contribution >= 4 is 22.8 Å². The number of carbonyl (C=O) groups is 2. The van der Waals surface area contributed by atoms with Gasteiger partial charge in [0.2, 0.25) is 5.91 Å². The van der Waals surface area contributed by atoms with Crippen molar-refractivity contribution in [2.75, 3.05) is 6.54 Å². The van der Waals surface area contributed by atoms with E-state index in [-0.39, 0.29) is 12.5 Å². The van der Waals surface area contributed by atoms with Gasteiger partial charge in [-0.2, -0.15) is 0 Å². The SMILES string of the molecule is CC(C)CC(CNC(=O)Cn1c(=O)[nH]c2ccccc2c1=O)C(=O)O. The van der Waals surface area contributed by atoms with E-state index < -0.39 is 35.6 Å². The van der Waals surface area contributed by atoms with Crippen LogP contribution in [0.1, 0.15) is 20.3 Å². The Morgan fingerprint density at radius 2 is 1.92 bits per heavy atom. The molecule has 134 valence electrons. The second-order valence-corrected chi connectivity index (χ2v) is 6.34. The molecule has 0 spiro atoms. The highest BCUT2D eigenvalue weighted by Crippen LogP contribution is 2.11. The number of carbonyl (C=O) groups excluding carboxylic acids is 1. The molecular weight excluding hydrogens is 326 g/mol. The molecule has 25 heavy (non-hydrogen) atoms. The monoisotopic (exact) mass is 347 g/mol. The minimum absolute atomic E-state index is 0.0490. The number of benzene rings is 1. The second-order valence-electron chi connectivity index (χ2n) is 6.34. The minimum atomic E-state index is -0.991. The molecule has 1 aromatic heterocycles. The fourth-order valence-corrected chi connectivity index (χ4v) is 2.62. The summed E-state index contributed by atoms with van der Waals surface area (Å²) < 4.78 is 0.801. The number of rotatable bonds is 7. The molecule has 1 unspecified atom stereocenters. The lowest BCUT2D eigenvalue weighted by atomic mass is 9.97. The number of hydrogen-bond donors (Lipinski definition) is 3. The quantitative estimate of drug-likeness (QED) is 0.675. The predicted molar refractivity (Wildman–Crippen MR) is 92.4 cm³/mol. The van der Waals surface area contributed by atoms with Gasteiger partial charge in [0.25, 0.3) is 5.56 Å². The normalized spacial score (nSPS) is 12.3. The van der Waals surface area contributed by atoms with Crippen molar-refractivity contribution in [1.29, 1.82) is 0 Å². The Morgan fingerprint density at radius 1 is 1.24 bits per heavy atom. The number of aromatic nitrogens is 2. The first kappa shape index (κ1) is 18.4. The molecule has 1 aromatic carbocycles. The van der Waals surface area contributed by atoms with Crippen LogP contribution in [0, 0.1) is 11.8 Å². The Bertz CT molecular complexity index is 897. The number of nitrogens with one attached hydrogen (secondary N) is 2. The number of aromatic amines is 1. The Morgan fingerprint density at radius 3 is 2.56 bits per heavy atom. The van der Waals surface area contributed by atoms with Crippen molar-refractivity contribution < 1.29 is 14.7 Å². The Hall–Kier alpha value is -2.90. The largest absolute Gasteiger partial charge is 0.481 e. The van der Waals surface area contributed by atoms with E-state index in [9.17, 15) is 19.2 Å². The maximum Gasteiger partial charge on any atom is 0.329 e. The average Bonchev–Trinajstić information content (AvgIpc) is 2.54. The van der Waals surface area contributed by atoms with Gasteiger partial charge in [0, 0.05) is 6.54 Å². The van der Waals surface area contributed by atoms with Gasteiger partial charge in [0.1, 0.15) is 6.54 Å². The summed E-state index contributed by atoms with van der Waals surface area (Å²) in [5.74, 6) is -2.12. The lowest BCUT2D eigenvalue weighted by Crippen LogP contribution is -2.42. The molecule has 0 saturated carbocycles. The number of fused-ring (bicyclic) bond motifs is 1. The predicted octanol–water partition coefficient (Wildman–Crippen LogP) is 0.553. The summed E-state index contributed by atoms with van der Waals surface area (Å²) >= 11 is 0. The molecule has 1 heterocycles. The highest BCUT2D eigenvalue weighted by atomic mass is 16.4. The maximum absolute atomic E-state index is 12.3. The van der Waals surface area contributed by atoms with Gasteiger partial charge in [-0.25, -0.2) is 4.79 Å². The van der Waals surface area contributed by atoms with Crippen molar-refractivity contribution in [3.05, 3.63) is 45.1 Å². The van der Waals surface area contributed by atoms with E-state index in [1.54, 1.807) is 24.3 Å². The van der Waals surface area contributed by atoms with Crippen LogP contribution >= 0.6 is 0 Å². The van der Waals surface area contributed by atoms with Gasteiger partial charge < -0.3 is 15.4 Å². The molecule has 8 nitrogen and oxygen atoms in total. The Kier molecular flexibility index (Phi) is 5.74.